The van der Waals surface area contributed by atoms with Gasteiger partial charge in [0.25, 0.3) is 0 Å². The zero-order valence-corrected chi connectivity index (χ0v) is 14.2. The van der Waals surface area contributed by atoms with Crippen molar-refractivity contribution in [2.45, 2.75) is 77.7 Å². The van der Waals surface area contributed by atoms with Crippen LogP contribution in [-0.4, -0.2) is 12.1 Å². The molecule has 0 saturated heterocycles. The summed E-state index contributed by atoms with van der Waals surface area (Å²) in [4.78, 5) is 12.1. The molecule has 0 bridgehead atoms. The molecule has 0 aliphatic heterocycles. The fourth-order valence-electron chi connectivity index (χ4n) is 2.58. The van der Waals surface area contributed by atoms with Crippen LogP contribution in [0.2, 0.25) is 0 Å². The van der Waals surface area contributed by atoms with Gasteiger partial charge in [-0.25, -0.2) is 13.6 Å². The van der Waals surface area contributed by atoms with Crippen LogP contribution in [0.1, 0.15) is 82.0 Å². The van der Waals surface area contributed by atoms with Crippen LogP contribution in [0, 0.1) is 11.6 Å². The van der Waals surface area contributed by atoms with E-state index in [9.17, 15) is 13.6 Å². The first-order chi connectivity index (χ1) is 11.1. The highest BCUT2D eigenvalue weighted by atomic mass is 19.2. The van der Waals surface area contributed by atoms with Crippen molar-refractivity contribution in [3.8, 4) is 0 Å². The standard InChI is InChI=1S/C19H28F2O2/c1-3-5-6-7-8-9-11-16(10-4-2)23-19(22)15-12-13-17(20)18(21)14-15/h12-14,16H,3-11H2,1-2H3. The number of carbonyl (C=O) groups is 1. The van der Waals surface area contributed by atoms with E-state index in [4.69, 9.17) is 4.74 Å². The number of rotatable bonds is 11. The van der Waals surface area contributed by atoms with Crippen LogP contribution in [0.15, 0.2) is 18.2 Å². The molecule has 130 valence electrons. The second kappa shape index (κ2) is 11.1. The quantitative estimate of drug-likeness (QED) is 0.366. The zero-order valence-electron chi connectivity index (χ0n) is 14.2. The van der Waals surface area contributed by atoms with E-state index in [0.29, 0.717) is 0 Å². The van der Waals surface area contributed by atoms with Gasteiger partial charge in [-0.15, -0.1) is 0 Å². The minimum absolute atomic E-state index is 0.0629. The Morgan fingerprint density at radius 1 is 0.957 bits per heavy atom. The average Bonchev–Trinajstić information content (AvgIpc) is 2.53. The van der Waals surface area contributed by atoms with Gasteiger partial charge in [-0.3, -0.25) is 0 Å². The van der Waals surface area contributed by atoms with E-state index in [1.54, 1.807) is 0 Å². The maximum Gasteiger partial charge on any atom is 0.338 e. The van der Waals surface area contributed by atoms with Crippen LogP contribution >= 0.6 is 0 Å². The Morgan fingerprint density at radius 2 is 1.65 bits per heavy atom. The van der Waals surface area contributed by atoms with E-state index < -0.39 is 17.6 Å². The minimum Gasteiger partial charge on any atom is -0.459 e. The van der Waals surface area contributed by atoms with Crippen molar-refractivity contribution in [2.24, 2.45) is 0 Å². The van der Waals surface area contributed by atoms with Crippen molar-refractivity contribution in [3.05, 3.63) is 35.4 Å². The third-order valence-electron chi connectivity index (χ3n) is 3.92. The number of halogens is 2. The molecular formula is C19H28F2O2. The molecule has 1 aromatic rings. The second-order valence-corrected chi connectivity index (χ2v) is 6.00. The molecule has 0 heterocycles. The molecule has 0 radical (unpaired) electrons. The molecular weight excluding hydrogens is 298 g/mol. The Labute approximate surface area is 138 Å². The first-order valence-electron chi connectivity index (χ1n) is 8.74. The summed E-state index contributed by atoms with van der Waals surface area (Å²) in [5.74, 6) is -2.56. The largest absolute Gasteiger partial charge is 0.459 e. The lowest BCUT2D eigenvalue weighted by Crippen LogP contribution is -2.18. The second-order valence-electron chi connectivity index (χ2n) is 6.00. The summed E-state index contributed by atoms with van der Waals surface area (Å²) in [5.41, 5.74) is 0.0629. The molecule has 0 aromatic heterocycles. The van der Waals surface area contributed by atoms with E-state index in [1.807, 2.05) is 6.92 Å². The van der Waals surface area contributed by atoms with Crippen molar-refractivity contribution in [1.29, 1.82) is 0 Å². The predicted octanol–water partition coefficient (Wildman–Crippen LogP) is 6.04. The highest BCUT2D eigenvalue weighted by Crippen LogP contribution is 2.17. The van der Waals surface area contributed by atoms with E-state index >= 15 is 0 Å². The van der Waals surface area contributed by atoms with Gasteiger partial charge in [0.15, 0.2) is 11.6 Å². The van der Waals surface area contributed by atoms with Crippen LogP contribution in [0.3, 0.4) is 0 Å². The normalized spacial score (nSPS) is 12.2. The van der Waals surface area contributed by atoms with E-state index in [2.05, 4.69) is 6.92 Å². The average molecular weight is 326 g/mol. The van der Waals surface area contributed by atoms with Gasteiger partial charge >= 0.3 is 5.97 Å². The Hall–Kier alpha value is -1.45. The summed E-state index contributed by atoms with van der Waals surface area (Å²) in [6.07, 6.45) is 9.53. The number of hydrogen-bond acceptors (Lipinski definition) is 2. The van der Waals surface area contributed by atoms with Crippen LogP contribution < -0.4 is 0 Å². The third-order valence-corrected chi connectivity index (χ3v) is 3.92. The predicted molar refractivity (Wildman–Crippen MR) is 88.5 cm³/mol. The lowest BCUT2D eigenvalue weighted by atomic mass is 10.0. The van der Waals surface area contributed by atoms with Crippen molar-refractivity contribution in [1.82, 2.24) is 0 Å². The summed E-state index contributed by atoms with van der Waals surface area (Å²) in [6.45, 7) is 4.23. The van der Waals surface area contributed by atoms with Crippen molar-refractivity contribution in [2.75, 3.05) is 0 Å². The maximum absolute atomic E-state index is 13.2. The highest BCUT2D eigenvalue weighted by Gasteiger charge is 2.16. The number of benzene rings is 1. The molecule has 1 rings (SSSR count). The SMILES string of the molecule is CCCCCCCCC(CCC)OC(=O)c1ccc(F)c(F)c1. The van der Waals surface area contributed by atoms with E-state index in [0.717, 1.165) is 44.2 Å². The first kappa shape index (κ1) is 19.6. The van der Waals surface area contributed by atoms with Gasteiger partial charge in [0.05, 0.1) is 5.56 Å². The summed E-state index contributed by atoms with van der Waals surface area (Å²) >= 11 is 0. The van der Waals surface area contributed by atoms with E-state index in [1.165, 1.54) is 31.7 Å². The number of unbranched alkanes of at least 4 members (excludes halogenated alkanes) is 5. The fraction of sp³-hybridized carbons (Fsp3) is 0.632. The number of esters is 1. The Balaban J connectivity index is 2.44. The molecule has 2 nitrogen and oxygen atoms in total. The lowest BCUT2D eigenvalue weighted by Gasteiger charge is -2.17. The van der Waals surface area contributed by atoms with Gasteiger partial charge in [0.2, 0.25) is 0 Å². The van der Waals surface area contributed by atoms with Gasteiger partial charge in [-0.05, 0) is 37.5 Å². The molecule has 0 aliphatic carbocycles. The Morgan fingerprint density at radius 3 is 2.30 bits per heavy atom. The maximum atomic E-state index is 13.2. The molecule has 4 heteroatoms. The van der Waals surface area contributed by atoms with Crippen molar-refractivity contribution >= 4 is 5.97 Å². The number of carbonyl (C=O) groups excluding carboxylic acids is 1. The summed E-state index contributed by atoms with van der Waals surface area (Å²) in [7, 11) is 0. The highest BCUT2D eigenvalue weighted by molar-refractivity contribution is 5.89. The van der Waals surface area contributed by atoms with Gasteiger partial charge in [-0.2, -0.15) is 0 Å². The van der Waals surface area contributed by atoms with Gasteiger partial charge in [-0.1, -0.05) is 52.4 Å². The molecule has 0 aliphatic rings. The van der Waals surface area contributed by atoms with Gasteiger partial charge in [0.1, 0.15) is 6.10 Å². The third kappa shape index (κ3) is 7.58. The molecule has 0 spiro atoms. The molecule has 1 unspecified atom stereocenters. The Bertz CT molecular complexity index is 474. The van der Waals surface area contributed by atoms with Gasteiger partial charge < -0.3 is 4.74 Å². The molecule has 0 saturated carbocycles. The molecule has 23 heavy (non-hydrogen) atoms. The summed E-state index contributed by atoms with van der Waals surface area (Å²) in [5, 5.41) is 0. The van der Waals surface area contributed by atoms with Crippen molar-refractivity contribution in [3.63, 3.8) is 0 Å². The summed E-state index contributed by atoms with van der Waals surface area (Å²) in [6, 6.07) is 3.11. The number of hydrogen-bond donors (Lipinski definition) is 0. The van der Waals surface area contributed by atoms with E-state index in [-0.39, 0.29) is 11.7 Å². The van der Waals surface area contributed by atoms with Crippen molar-refractivity contribution < 1.29 is 18.3 Å². The zero-order chi connectivity index (χ0) is 17.1. The first-order valence-corrected chi connectivity index (χ1v) is 8.74. The molecule has 1 aromatic carbocycles. The lowest BCUT2D eigenvalue weighted by molar-refractivity contribution is 0.0253. The molecule has 0 N–H and O–H groups in total. The number of ether oxygens (including phenoxy) is 1. The smallest absolute Gasteiger partial charge is 0.338 e. The van der Waals surface area contributed by atoms with Crippen LogP contribution in [0.25, 0.3) is 0 Å². The molecule has 0 amide bonds. The van der Waals surface area contributed by atoms with Crippen LogP contribution in [-0.2, 0) is 4.74 Å². The fourth-order valence-corrected chi connectivity index (χ4v) is 2.58. The summed E-state index contributed by atoms with van der Waals surface area (Å²) < 4.78 is 31.6. The van der Waals surface area contributed by atoms with Crippen LogP contribution in [0.4, 0.5) is 8.78 Å². The Kier molecular flexibility index (Phi) is 9.49. The molecule has 1 atom stereocenters. The molecule has 0 fully saturated rings. The topological polar surface area (TPSA) is 26.3 Å². The van der Waals surface area contributed by atoms with Gasteiger partial charge in [0, 0.05) is 0 Å². The monoisotopic (exact) mass is 326 g/mol. The van der Waals surface area contributed by atoms with Crippen LogP contribution in [0.5, 0.6) is 0 Å². The minimum atomic E-state index is -1.03.